The van der Waals surface area contributed by atoms with Crippen molar-refractivity contribution in [2.24, 2.45) is 5.73 Å². The smallest absolute Gasteiger partial charge is 0.320 e. The lowest BCUT2D eigenvalue weighted by Gasteiger charge is -2.06. The summed E-state index contributed by atoms with van der Waals surface area (Å²) in [7, 11) is 0. The number of carboxylic acids is 1. The van der Waals surface area contributed by atoms with Gasteiger partial charge in [0.2, 0.25) is 0 Å². The van der Waals surface area contributed by atoms with Gasteiger partial charge in [-0.1, -0.05) is 0 Å². The van der Waals surface area contributed by atoms with Crippen molar-refractivity contribution in [3.63, 3.8) is 0 Å². The van der Waals surface area contributed by atoms with Crippen molar-refractivity contribution >= 4 is 71.8 Å². The van der Waals surface area contributed by atoms with Gasteiger partial charge in [0.25, 0.3) is 0 Å². The number of rotatable bonds is 3. The SMILES string of the molecule is Br.Br.NC(Cc1cc(Br)nc(Br)c1)C(=O)O. The summed E-state index contributed by atoms with van der Waals surface area (Å²) in [6.45, 7) is 0. The van der Waals surface area contributed by atoms with Gasteiger partial charge in [-0.25, -0.2) is 4.98 Å². The van der Waals surface area contributed by atoms with E-state index >= 15 is 0 Å². The summed E-state index contributed by atoms with van der Waals surface area (Å²) in [4.78, 5) is 14.5. The first-order valence-electron chi connectivity index (χ1n) is 3.79. The predicted molar refractivity (Wildman–Crippen MR) is 79.6 cm³/mol. The molecule has 92 valence electrons. The zero-order chi connectivity index (χ0) is 10.7. The topological polar surface area (TPSA) is 76.2 Å². The Morgan fingerprint density at radius 1 is 1.38 bits per heavy atom. The summed E-state index contributed by atoms with van der Waals surface area (Å²) in [5.41, 5.74) is 6.23. The second kappa shape index (κ2) is 8.57. The molecule has 0 bridgehead atoms. The highest BCUT2D eigenvalue weighted by molar-refractivity contribution is 9.11. The number of hydrogen-bond donors (Lipinski definition) is 2. The molecule has 16 heavy (non-hydrogen) atoms. The minimum atomic E-state index is -1.01. The molecule has 3 N–H and O–H groups in total. The number of nitrogens with zero attached hydrogens (tertiary/aromatic N) is 1. The molecule has 0 amide bonds. The van der Waals surface area contributed by atoms with Crippen molar-refractivity contribution in [2.75, 3.05) is 0 Å². The highest BCUT2D eigenvalue weighted by atomic mass is 79.9. The molecule has 1 rings (SSSR count). The van der Waals surface area contributed by atoms with Crippen LogP contribution >= 0.6 is 65.8 Å². The van der Waals surface area contributed by atoms with E-state index in [0.717, 1.165) is 5.56 Å². The Bertz CT molecular complexity index is 342. The summed E-state index contributed by atoms with van der Waals surface area (Å²) in [6.07, 6.45) is 0.287. The molecule has 1 atom stereocenters. The zero-order valence-electron chi connectivity index (χ0n) is 7.89. The van der Waals surface area contributed by atoms with Crippen LogP contribution in [0, 0.1) is 0 Å². The van der Waals surface area contributed by atoms with Gasteiger partial charge >= 0.3 is 5.97 Å². The molecule has 0 aliphatic rings. The van der Waals surface area contributed by atoms with Gasteiger partial charge in [0.1, 0.15) is 15.2 Å². The highest BCUT2D eigenvalue weighted by Crippen LogP contribution is 2.16. The van der Waals surface area contributed by atoms with Crippen LogP contribution in [-0.4, -0.2) is 22.1 Å². The first-order valence-corrected chi connectivity index (χ1v) is 5.38. The van der Waals surface area contributed by atoms with Crippen LogP contribution in [0.25, 0.3) is 0 Å². The fourth-order valence-corrected chi connectivity index (χ4v) is 2.18. The molecule has 1 aromatic heterocycles. The number of pyridine rings is 1. The molecular weight excluding hydrogens is 476 g/mol. The third-order valence-corrected chi connectivity index (χ3v) is 2.41. The zero-order valence-corrected chi connectivity index (χ0v) is 14.5. The van der Waals surface area contributed by atoms with E-state index in [9.17, 15) is 4.79 Å². The van der Waals surface area contributed by atoms with Gasteiger partial charge < -0.3 is 10.8 Å². The fourth-order valence-electron chi connectivity index (χ4n) is 0.973. The molecule has 0 fully saturated rings. The van der Waals surface area contributed by atoms with Crippen molar-refractivity contribution in [1.29, 1.82) is 0 Å². The van der Waals surface area contributed by atoms with Crippen LogP contribution in [0.4, 0.5) is 0 Å². The Labute approximate surface area is 131 Å². The lowest BCUT2D eigenvalue weighted by atomic mass is 10.1. The quantitative estimate of drug-likeness (QED) is 0.646. The molecule has 0 aliphatic carbocycles. The summed E-state index contributed by atoms with van der Waals surface area (Å²) in [5.74, 6) is -1.01. The maximum Gasteiger partial charge on any atom is 0.320 e. The van der Waals surface area contributed by atoms with Crippen LogP contribution in [0.3, 0.4) is 0 Å². The van der Waals surface area contributed by atoms with Crippen LogP contribution in [0.5, 0.6) is 0 Å². The van der Waals surface area contributed by atoms with Crippen LogP contribution in [-0.2, 0) is 11.2 Å². The molecule has 0 spiro atoms. The molecule has 1 heterocycles. The highest BCUT2D eigenvalue weighted by Gasteiger charge is 2.12. The Hall–Kier alpha value is 0.500. The summed E-state index contributed by atoms with van der Waals surface area (Å²) in [6, 6.07) is 2.61. The van der Waals surface area contributed by atoms with Gasteiger partial charge in [0.15, 0.2) is 0 Å². The van der Waals surface area contributed by atoms with Gasteiger partial charge in [0.05, 0.1) is 0 Å². The van der Waals surface area contributed by atoms with Crippen LogP contribution in [0.1, 0.15) is 5.56 Å². The van der Waals surface area contributed by atoms with Crippen molar-refractivity contribution in [3.05, 3.63) is 26.9 Å². The van der Waals surface area contributed by atoms with E-state index in [1.165, 1.54) is 0 Å². The predicted octanol–water partition coefficient (Wildman–Crippen LogP) is 2.72. The van der Waals surface area contributed by atoms with E-state index in [-0.39, 0.29) is 40.4 Å². The first-order chi connectivity index (χ1) is 6.49. The molecule has 8 heteroatoms. The number of hydrogen-bond acceptors (Lipinski definition) is 3. The minimum absolute atomic E-state index is 0. The maximum atomic E-state index is 10.5. The average Bonchev–Trinajstić information content (AvgIpc) is 2.01. The van der Waals surface area contributed by atoms with Gasteiger partial charge in [-0.2, -0.15) is 0 Å². The second-order valence-corrected chi connectivity index (χ2v) is 4.39. The van der Waals surface area contributed by atoms with Gasteiger partial charge in [0, 0.05) is 0 Å². The van der Waals surface area contributed by atoms with Crippen LogP contribution in [0.2, 0.25) is 0 Å². The number of halogens is 4. The van der Waals surface area contributed by atoms with Crippen molar-refractivity contribution in [3.8, 4) is 0 Å². The normalized spacial score (nSPS) is 10.9. The lowest BCUT2D eigenvalue weighted by molar-refractivity contribution is -0.138. The standard InChI is InChI=1S/C8H8Br2N2O2.2BrH/c9-6-2-4(3-7(10)12-6)1-5(11)8(13)14;;/h2-3,5H,1,11H2,(H,13,14);2*1H. The Balaban J connectivity index is 0. The molecule has 4 nitrogen and oxygen atoms in total. The molecule has 0 radical (unpaired) electrons. The minimum Gasteiger partial charge on any atom is -0.480 e. The number of nitrogens with two attached hydrogens (primary N) is 1. The summed E-state index contributed by atoms with van der Waals surface area (Å²) < 4.78 is 1.30. The molecule has 1 aromatic rings. The number of aromatic nitrogens is 1. The molecule has 0 aliphatic heterocycles. The van der Waals surface area contributed by atoms with E-state index in [4.69, 9.17) is 10.8 Å². The Morgan fingerprint density at radius 3 is 2.19 bits per heavy atom. The number of carboxylic acid groups (broad SMARTS) is 1. The van der Waals surface area contributed by atoms with Crippen molar-refractivity contribution < 1.29 is 9.90 Å². The lowest BCUT2D eigenvalue weighted by Crippen LogP contribution is -2.32. The average molecular weight is 486 g/mol. The van der Waals surface area contributed by atoms with E-state index in [0.29, 0.717) is 9.21 Å². The van der Waals surface area contributed by atoms with E-state index in [1.54, 1.807) is 12.1 Å². The summed E-state index contributed by atoms with van der Waals surface area (Å²) in [5, 5.41) is 8.62. The van der Waals surface area contributed by atoms with Gasteiger partial charge in [-0.3, -0.25) is 4.79 Å². The molecule has 0 aromatic carbocycles. The fraction of sp³-hybridized carbons (Fsp3) is 0.250. The molecular formula is C8H10Br4N2O2. The Kier molecular flexibility index (Phi) is 10.1. The first kappa shape index (κ1) is 18.9. The maximum absolute atomic E-state index is 10.5. The molecule has 1 unspecified atom stereocenters. The number of carbonyl (C=O) groups is 1. The third kappa shape index (κ3) is 6.29. The largest absolute Gasteiger partial charge is 0.480 e. The monoisotopic (exact) mass is 482 g/mol. The van der Waals surface area contributed by atoms with Crippen molar-refractivity contribution in [2.45, 2.75) is 12.5 Å². The molecule has 0 saturated heterocycles. The Morgan fingerprint density at radius 2 is 1.81 bits per heavy atom. The van der Waals surface area contributed by atoms with Gasteiger partial charge in [-0.15, -0.1) is 34.0 Å². The van der Waals surface area contributed by atoms with E-state index < -0.39 is 12.0 Å². The van der Waals surface area contributed by atoms with E-state index in [2.05, 4.69) is 36.8 Å². The summed E-state index contributed by atoms with van der Waals surface area (Å²) >= 11 is 6.42. The third-order valence-electron chi connectivity index (χ3n) is 1.60. The second-order valence-electron chi connectivity index (χ2n) is 2.77. The molecule has 0 saturated carbocycles. The van der Waals surface area contributed by atoms with Crippen LogP contribution < -0.4 is 5.73 Å². The van der Waals surface area contributed by atoms with Crippen LogP contribution in [0.15, 0.2) is 21.3 Å². The van der Waals surface area contributed by atoms with E-state index in [1.807, 2.05) is 0 Å². The number of aliphatic carboxylic acids is 1. The van der Waals surface area contributed by atoms with Gasteiger partial charge in [-0.05, 0) is 56.0 Å². The van der Waals surface area contributed by atoms with Crippen molar-refractivity contribution in [1.82, 2.24) is 4.98 Å².